The van der Waals surface area contributed by atoms with Crippen molar-refractivity contribution < 1.29 is 9.84 Å². The van der Waals surface area contributed by atoms with Gasteiger partial charge in [0.25, 0.3) is 0 Å². The SMILES string of the molecule is C=CCCCCCOc1ccc(C(O)CC)cc1. The largest absolute Gasteiger partial charge is 0.494 e. The monoisotopic (exact) mass is 248 g/mol. The lowest BCUT2D eigenvalue weighted by atomic mass is 10.1. The second kappa shape index (κ2) is 8.76. The molecule has 0 heterocycles. The van der Waals surface area contributed by atoms with E-state index in [-0.39, 0.29) is 6.10 Å². The fraction of sp³-hybridized carbons (Fsp3) is 0.500. The summed E-state index contributed by atoms with van der Waals surface area (Å²) in [5.41, 5.74) is 0.954. The minimum atomic E-state index is -0.363. The molecule has 0 aromatic heterocycles. The van der Waals surface area contributed by atoms with Gasteiger partial charge >= 0.3 is 0 Å². The number of aliphatic hydroxyl groups excluding tert-OH is 1. The van der Waals surface area contributed by atoms with Gasteiger partial charge in [-0.05, 0) is 49.8 Å². The van der Waals surface area contributed by atoms with E-state index < -0.39 is 0 Å². The Kier molecular flexibility index (Phi) is 7.19. The molecule has 18 heavy (non-hydrogen) atoms. The number of hydrogen-bond acceptors (Lipinski definition) is 2. The van der Waals surface area contributed by atoms with E-state index in [0.29, 0.717) is 0 Å². The van der Waals surface area contributed by atoms with E-state index in [9.17, 15) is 5.11 Å². The summed E-state index contributed by atoms with van der Waals surface area (Å²) in [4.78, 5) is 0. The molecule has 0 saturated carbocycles. The molecule has 1 rings (SSSR count). The maximum Gasteiger partial charge on any atom is 0.119 e. The molecule has 0 fully saturated rings. The minimum absolute atomic E-state index is 0.363. The first-order valence-corrected chi connectivity index (χ1v) is 6.79. The van der Waals surface area contributed by atoms with Gasteiger partial charge in [-0.15, -0.1) is 6.58 Å². The molecule has 1 aromatic rings. The summed E-state index contributed by atoms with van der Waals surface area (Å²) in [6.07, 6.45) is 6.87. The molecule has 0 radical (unpaired) electrons. The molecule has 100 valence electrons. The molecule has 2 heteroatoms. The fourth-order valence-corrected chi connectivity index (χ4v) is 1.78. The van der Waals surface area contributed by atoms with Gasteiger partial charge in [0.15, 0.2) is 0 Å². The van der Waals surface area contributed by atoms with Crippen molar-refractivity contribution in [2.24, 2.45) is 0 Å². The quantitative estimate of drug-likeness (QED) is 0.523. The van der Waals surface area contributed by atoms with Crippen LogP contribution in [0.3, 0.4) is 0 Å². The number of ether oxygens (including phenoxy) is 1. The lowest BCUT2D eigenvalue weighted by molar-refractivity contribution is 0.173. The number of benzene rings is 1. The smallest absolute Gasteiger partial charge is 0.119 e. The molecular formula is C16H24O2. The average molecular weight is 248 g/mol. The van der Waals surface area contributed by atoms with E-state index in [2.05, 4.69) is 6.58 Å². The standard InChI is InChI=1S/C16H24O2/c1-3-5-6-7-8-13-18-15-11-9-14(10-12-15)16(17)4-2/h3,9-12,16-17H,1,4-8,13H2,2H3. The third-order valence-electron chi connectivity index (χ3n) is 2.97. The van der Waals surface area contributed by atoms with Gasteiger partial charge < -0.3 is 9.84 Å². The summed E-state index contributed by atoms with van der Waals surface area (Å²) < 4.78 is 5.65. The normalized spacial score (nSPS) is 12.1. The third-order valence-corrected chi connectivity index (χ3v) is 2.97. The second-order valence-corrected chi connectivity index (χ2v) is 4.48. The van der Waals surface area contributed by atoms with Gasteiger partial charge in [-0.1, -0.05) is 25.1 Å². The Balaban J connectivity index is 2.24. The number of aliphatic hydroxyl groups is 1. The van der Waals surface area contributed by atoms with Crippen LogP contribution in [0, 0.1) is 0 Å². The lowest BCUT2D eigenvalue weighted by Gasteiger charge is -2.10. The van der Waals surface area contributed by atoms with Crippen molar-refractivity contribution in [2.45, 2.75) is 45.1 Å². The van der Waals surface area contributed by atoms with Gasteiger partial charge in [0, 0.05) is 0 Å². The number of hydrogen-bond donors (Lipinski definition) is 1. The topological polar surface area (TPSA) is 29.5 Å². The molecular weight excluding hydrogens is 224 g/mol. The van der Waals surface area contributed by atoms with Gasteiger partial charge in [0.05, 0.1) is 12.7 Å². The average Bonchev–Trinajstić information content (AvgIpc) is 2.42. The van der Waals surface area contributed by atoms with E-state index in [1.54, 1.807) is 0 Å². The first-order chi connectivity index (χ1) is 8.77. The van der Waals surface area contributed by atoms with Crippen molar-refractivity contribution in [2.75, 3.05) is 6.61 Å². The second-order valence-electron chi connectivity index (χ2n) is 4.48. The Labute approximate surface area is 110 Å². The molecule has 1 atom stereocenters. The molecule has 0 bridgehead atoms. The third kappa shape index (κ3) is 5.37. The predicted molar refractivity (Wildman–Crippen MR) is 75.9 cm³/mol. The fourth-order valence-electron chi connectivity index (χ4n) is 1.78. The van der Waals surface area contributed by atoms with Crippen LogP contribution in [0.1, 0.15) is 50.7 Å². The minimum Gasteiger partial charge on any atom is -0.494 e. The maximum absolute atomic E-state index is 9.67. The number of rotatable bonds is 9. The van der Waals surface area contributed by atoms with Crippen LogP contribution in [0.25, 0.3) is 0 Å². The van der Waals surface area contributed by atoms with Crippen LogP contribution in [-0.4, -0.2) is 11.7 Å². The van der Waals surface area contributed by atoms with Gasteiger partial charge in [0.2, 0.25) is 0 Å². The van der Waals surface area contributed by atoms with E-state index in [0.717, 1.165) is 37.2 Å². The molecule has 1 aromatic carbocycles. The molecule has 0 aliphatic rings. The van der Waals surface area contributed by atoms with E-state index in [1.165, 1.54) is 12.8 Å². The van der Waals surface area contributed by atoms with Crippen LogP contribution < -0.4 is 4.74 Å². The van der Waals surface area contributed by atoms with Gasteiger partial charge in [-0.3, -0.25) is 0 Å². The van der Waals surface area contributed by atoms with Crippen molar-refractivity contribution in [1.82, 2.24) is 0 Å². The summed E-state index contributed by atoms with van der Waals surface area (Å²) in [7, 11) is 0. The molecule has 0 saturated heterocycles. The molecule has 0 amide bonds. The molecule has 1 N–H and O–H groups in total. The van der Waals surface area contributed by atoms with E-state index >= 15 is 0 Å². The molecule has 1 unspecified atom stereocenters. The molecule has 0 aliphatic carbocycles. The van der Waals surface area contributed by atoms with Crippen molar-refractivity contribution in [3.8, 4) is 5.75 Å². The van der Waals surface area contributed by atoms with Crippen LogP contribution in [-0.2, 0) is 0 Å². The van der Waals surface area contributed by atoms with Crippen LogP contribution in [0.2, 0.25) is 0 Å². The highest BCUT2D eigenvalue weighted by Gasteiger charge is 2.04. The Morgan fingerprint density at radius 1 is 1.22 bits per heavy atom. The summed E-state index contributed by atoms with van der Waals surface area (Å²) in [6.45, 7) is 6.43. The van der Waals surface area contributed by atoms with Gasteiger partial charge in [-0.25, -0.2) is 0 Å². The van der Waals surface area contributed by atoms with Crippen LogP contribution in [0.5, 0.6) is 5.75 Å². The Hall–Kier alpha value is -1.28. The summed E-state index contributed by atoms with van der Waals surface area (Å²) in [6, 6.07) is 7.72. The Bertz CT molecular complexity index is 329. The zero-order valence-corrected chi connectivity index (χ0v) is 11.3. The maximum atomic E-state index is 9.67. The first-order valence-electron chi connectivity index (χ1n) is 6.79. The van der Waals surface area contributed by atoms with E-state index in [1.807, 2.05) is 37.3 Å². The molecule has 0 spiro atoms. The highest BCUT2D eigenvalue weighted by molar-refractivity contribution is 5.28. The Morgan fingerprint density at radius 3 is 2.56 bits per heavy atom. The number of allylic oxidation sites excluding steroid dienone is 1. The van der Waals surface area contributed by atoms with Crippen LogP contribution >= 0.6 is 0 Å². The first kappa shape index (κ1) is 14.8. The van der Waals surface area contributed by atoms with Crippen LogP contribution in [0.15, 0.2) is 36.9 Å². The van der Waals surface area contributed by atoms with E-state index in [4.69, 9.17) is 4.74 Å². The zero-order chi connectivity index (χ0) is 13.2. The van der Waals surface area contributed by atoms with Crippen LogP contribution in [0.4, 0.5) is 0 Å². The number of unbranched alkanes of at least 4 members (excludes halogenated alkanes) is 3. The van der Waals surface area contributed by atoms with Crippen molar-refractivity contribution >= 4 is 0 Å². The summed E-state index contributed by atoms with van der Waals surface area (Å²) in [5.74, 6) is 0.880. The molecule has 0 aliphatic heterocycles. The van der Waals surface area contributed by atoms with Crippen molar-refractivity contribution in [3.05, 3.63) is 42.5 Å². The summed E-state index contributed by atoms with van der Waals surface area (Å²) >= 11 is 0. The van der Waals surface area contributed by atoms with Gasteiger partial charge in [-0.2, -0.15) is 0 Å². The highest BCUT2D eigenvalue weighted by atomic mass is 16.5. The zero-order valence-electron chi connectivity index (χ0n) is 11.3. The lowest BCUT2D eigenvalue weighted by Crippen LogP contribution is -1.98. The highest BCUT2D eigenvalue weighted by Crippen LogP contribution is 2.20. The van der Waals surface area contributed by atoms with Crippen molar-refractivity contribution in [1.29, 1.82) is 0 Å². The molecule has 2 nitrogen and oxygen atoms in total. The Morgan fingerprint density at radius 2 is 1.94 bits per heavy atom. The summed E-state index contributed by atoms with van der Waals surface area (Å²) in [5, 5.41) is 9.67. The van der Waals surface area contributed by atoms with Crippen molar-refractivity contribution in [3.63, 3.8) is 0 Å². The van der Waals surface area contributed by atoms with Gasteiger partial charge in [0.1, 0.15) is 5.75 Å². The predicted octanol–water partition coefficient (Wildman–Crippen LogP) is 4.26.